The maximum absolute atomic E-state index is 4.18. The van der Waals surface area contributed by atoms with E-state index in [1.807, 2.05) is 12.1 Å². The first-order valence-electron chi connectivity index (χ1n) is 2.81. The largest absolute Gasteiger partial charge is 1.00 e. The van der Waals surface area contributed by atoms with Gasteiger partial charge < -0.3 is 36.3 Å². The number of thiol groups is 2. The molecule has 0 radical (unpaired) electrons. The fourth-order valence-corrected chi connectivity index (χ4v) is 1.10. The molecule has 2 nitrogen and oxygen atoms in total. The first-order chi connectivity index (χ1) is 4.61. The van der Waals surface area contributed by atoms with Crippen molar-refractivity contribution < 1.29 is 36.3 Å². The number of halogens is 2. The van der Waals surface area contributed by atoms with E-state index in [0.717, 1.165) is 21.2 Å². The first-order valence-corrected chi connectivity index (χ1v) is 3.70. The maximum atomic E-state index is 4.18. The average Bonchev–Trinajstić information content (AvgIpc) is 1.84. The van der Waals surface area contributed by atoms with E-state index in [2.05, 4.69) is 36.7 Å². The Morgan fingerprint density at radius 1 is 0.833 bits per heavy atom. The van der Waals surface area contributed by atoms with Crippen LogP contribution in [0.4, 0.5) is 11.4 Å². The van der Waals surface area contributed by atoms with Crippen LogP contribution in [0.5, 0.6) is 0 Å². The van der Waals surface area contributed by atoms with E-state index in [4.69, 9.17) is 0 Å². The third kappa shape index (κ3) is 3.43. The van der Waals surface area contributed by atoms with E-state index in [1.165, 1.54) is 0 Å². The minimum atomic E-state index is 0. The molecule has 6 heteroatoms. The van der Waals surface area contributed by atoms with E-state index in [-0.39, 0.29) is 24.8 Å². The van der Waals surface area contributed by atoms with Crippen LogP contribution in [-0.2, 0) is 0 Å². The van der Waals surface area contributed by atoms with Crippen LogP contribution >= 0.6 is 25.3 Å². The zero-order chi connectivity index (χ0) is 7.72. The smallest absolute Gasteiger partial charge is 0.142 e. The molecule has 0 unspecified atom stereocenters. The van der Waals surface area contributed by atoms with Gasteiger partial charge in [-0.05, 0) is 0 Å². The Morgan fingerprint density at radius 2 is 1.08 bits per heavy atom. The lowest BCUT2D eigenvalue weighted by Gasteiger charge is -1.96. The highest BCUT2D eigenvalue weighted by molar-refractivity contribution is 7.81. The van der Waals surface area contributed by atoms with E-state index >= 15 is 0 Å². The summed E-state index contributed by atoms with van der Waals surface area (Å²) in [4.78, 5) is 1.73. The summed E-state index contributed by atoms with van der Waals surface area (Å²) in [5, 5.41) is 0. The molecule has 0 fully saturated rings. The molecule has 0 bridgehead atoms. The summed E-state index contributed by atoms with van der Waals surface area (Å²) in [5.41, 5.74) is 9.32. The summed E-state index contributed by atoms with van der Waals surface area (Å²) in [5.74, 6) is 0. The third-order valence-corrected chi connectivity index (χ3v) is 2.11. The van der Waals surface area contributed by atoms with Gasteiger partial charge in [0.1, 0.15) is 11.4 Å². The molecular formula is C6H10Cl2N2S2. The molecule has 0 aliphatic rings. The molecule has 0 aliphatic carbocycles. The standard InChI is InChI=1S/C6H8N2S2.2ClH/c7-3-1-5(9)4(8)2-6(3)10;;/h1-2,9-10H,7-8H2;2*1H. The van der Waals surface area contributed by atoms with Crippen molar-refractivity contribution in [3.05, 3.63) is 12.1 Å². The monoisotopic (exact) mass is 244 g/mol. The summed E-state index contributed by atoms with van der Waals surface area (Å²) in [6.07, 6.45) is 0. The Labute approximate surface area is 94.7 Å². The van der Waals surface area contributed by atoms with Crippen molar-refractivity contribution in [2.75, 3.05) is 0 Å². The summed E-state index contributed by atoms with van der Waals surface area (Å²) in [7, 11) is 0. The number of hydrogen-bond acceptors (Lipinski definition) is 2. The number of benzene rings is 1. The molecule has 6 N–H and O–H groups in total. The van der Waals surface area contributed by atoms with Crippen molar-refractivity contribution in [1.29, 1.82) is 0 Å². The van der Waals surface area contributed by atoms with Gasteiger partial charge in [-0.1, -0.05) is 0 Å². The lowest BCUT2D eigenvalue weighted by atomic mass is 10.3. The second-order valence-corrected chi connectivity index (χ2v) is 3.07. The predicted octanol–water partition coefficient (Wildman–Crippen LogP) is -5.98. The molecule has 0 spiro atoms. The second-order valence-electron chi connectivity index (χ2n) is 2.11. The van der Waals surface area contributed by atoms with E-state index in [9.17, 15) is 0 Å². The quantitative estimate of drug-likeness (QED) is 0.329. The van der Waals surface area contributed by atoms with Gasteiger partial charge in [0.15, 0.2) is 0 Å². The van der Waals surface area contributed by atoms with Crippen LogP contribution in [0.3, 0.4) is 0 Å². The Kier molecular flexibility index (Phi) is 7.41. The highest BCUT2D eigenvalue weighted by Gasteiger charge is 2.04. The minimum absolute atomic E-state index is 0. The summed E-state index contributed by atoms with van der Waals surface area (Å²) >= 11 is 8.36. The molecule has 0 heterocycles. The normalized spacial score (nSPS) is 8.33. The number of quaternary nitrogens is 2. The topological polar surface area (TPSA) is 55.3 Å². The van der Waals surface area contributed by atoms with E-state index in [0.29, 0.717) is 0 Å². The van der Waals surface area contributed by atoms with Gasteiger partial charge in [0.2, 0.25) is 0 Å². The first kappa shape index (κ1) is 14.9. The molecule has 70 valence electrons. The van der Waals surface area contributed by atoms with Crippen molar-refractivity contribution in [1.82, 2.24) is 0 Å². The van der Waals surface area contributed by atoms with Gasteiger partial charge in [0, 0.05) is 12.1 Å². The lowest BCUT2D eigenvalue weighted by molar-refractivity contribution is -0.266. The molecule has 12 heavy (non-hydrogen) atoms. The fraction of sp³-hybridized carbons (Fsp3) is 0. The van der Waals surface area contributed by atoms with Crippen LogP contribution in [0.25, 0.3) is 0 Å². The molecule has 0 saturated heterocycles. The molecule has 0 aromatic heterocycles. The SMILES string of the molecule is [Cl-].[Cl-].[NH3+]c1cc(S)c([NH3+])cc1S. The van der Waals surface area contributed by atoms with Crippen molar-refractivity contribution in [2.24, 2.45) is 0 Å². The van der Waals surface area contributed by atoms with Gasteiger partial charge >= 0.3 is 0 Å². The molecule has 0 atom stereocenters. The molecule has 1 aromatic rings. The molecule has 1 rings (SSSR count). The van der Waals surface area contributed by atoms with Crippen molar-refractivity contribution >= 4 is 36.6 Å². The lowest BCUT2D eigenvalue weighted by Crippen LogP contribution is -3.00. The van der Waals surface area contributed by atoms with Gasteiger partial charge in [-0.15, -0.1) is 25.3 Å². The molecule has 0 amide bonds. The zero-order valence-electron chi connectivity index (χ0n) is 6.22. The molecular weight excluding hydrogens is 235 g/mol. The van der Waals surface area contributed by atoms with Crippen LogP contribution in [0, 0.1) is 0 Å². The third-order valence-electron chi connectivity index (χ3n) is 1.28. The van der Waals surface area contributed by atoms with Crippen molar-refractivity contribution in [2.45, 2.75) is 9.79 Å². The van der Waals surface area contributed by atoms with Crippen LogP contribution < -0.4 is 36.3 Å². The summed E-state index contributed by atoms with van der Waals surface area (Å²) < 4.78 is 0. The highest BCUT2D eigenvalue weighted by Crippen LogP contribution is 2.23. The van der Waals surface area contributed by atoms with Crippen molar-refractivity contribution in [3.8, 4) is 0 Å². The second kappa shape index (κ2) is 5.96. The van der Waals surface area contributed by atoms with Crippen LogP contribution in [0.1, 0.15) is 0 Å². The van der Waals surface area contributed by atoms with Gasteiger partial charge in [-0.3, -0.25) is 0 Å². The van der Waals surface area contributed by atoms with Gasteiger partial charge in [0.25, 0.3) is 0 Å². The Bertz CT molecular complexity index is 218. The Balaban J connectivity index is 0. The predicted molar refractivity (Wildman–Crippen MR) is 46.0 cm³/mol. The average molecular weight is 245 g/mol. The highest BCUT2D eigenvalue weighted by atomic mass is 35.5. The van der Waals surface area contributed by atoms with Gasteiger partial charge in [-0.2, -0.15) is 0 Å². The molecule has 0 aliphatic heterocycles. The molecule has 1 aromatic carbocycles. The van der Waals surface area contributed by atoms with Gasteiger partial charge in [-0.25, -0.2) is 0 Å². The van der Waals surface area contributed by atoms with Gasteiger partial charge in [0.05, 0.1) is 9.79 Å². The van der Waals surface area contributed by atoms with E-state index in [1.54, 1.807) is 0 Å². The Morgan fingerprint density at radius 3 is 1.33 bits per heavy atom. The zero-order valence-corrected chi connectivity index (χ0v) is 9.52. The van der Waals surface area contributed by atoms with Crippen LogP contribution in [-0.4, -0.2) is 0 Å². The van der Waals surface area contributed by atoms with Crippen molar-refractivity contribution in [3.63, 3.8) is 0 Å². The summed E-state index contributed by atoms with van der Waals surface area (Å²) in [6.45, 7) is 0. The van der Waals surface area contributed by atoms with E-state index < -0.39 is 0 Å². The maximum Gasteiger partial charge on any atom is 0.142 e. The Hall–Kier alpha value is 0.420. The fourth-order valence-electron chi connectivity index (χ4n) is 0.663. The molecule has 0 saturated carbocycles. The van der Waals surface area contributed by atoms with Crippen LogP contribution in [0.15, 0.2) is 21.9 Å². The summed E-state index contributed by atoms with van der Waals surface area (Å²) in [6, 6.07) is 3.71. The number of rotatable bonds is 0. The minimum Gasteiger partial charge on any atom is -1.00 e. The van der Waals surface area contributed by atoms with Crippen LogP contribution in [0.2, 0.25) is 0 Å². The number of hydrogen-bond donors (Lipinski definition) is 4.